The maximum Gasteiger partial charge on any atom is 0.185 e. The predicted octanol–water partition coefficient (Wildman–Crippen LogP) is 3.84. The third-order valence-corrected chi connectivity index (χ3v) is 4.15. The first-order valence-corrected chi connectivity index (χ1v) is 8.06. The van der Waals surface area contributed by atoms with Crippen molar-refractivity contribution in [2.24, 2.45) is 5.73 Å². The number of fused-ring (bicyclic) bond motifs is 1. The molecule has 0 bridgehead atoms. The zero-order chi connectivity index (χ0) is 17.4. The molecule has 0 spiro atoms. The normalized spacial score (nSPS) is 10.9. The molecule has 0 amide bonds. The summed E-state index contributed by atoms with van der Waals surface area (Å²) in [4.78, 5) is 4.72. The van der Waals surface area contributed by atoms with E-state index < -0.39 is 0 Å². The molecule has 4 nitrogen and oxygen atoms in total. The number of rotatable bonds is 3. The van der Waals surface area contributed by atoms with Crippen LogP contribution in [0.2, 0.25) is 0 Å². The lowest BCUT2D eigenvalue weighted by Gasteiger charge is -2.07. The van der Waals surface area contributed by atoms with Crippen LogP contribution >= 0.6 is 12.2 Å². The average Bonchev–Trinajstić information content (AvgIpc) is 3.06. The van der Waals surface area contributed by atoms with Gasteiger partial charge >= 0.3 is 0 Å². The fourth-order valence-corrected chi connectivity index (χ4v) is 2.90. The fourth-order valence-electron chi connectivity index (χ4n) is 2.74. The zero-order valence-electron chi connectivity index (χ0n) is 13.1. The van der Waals surface area contributed by atoms with E-state index in [1.54, 1.807) is 22.7 Å². The molecular weight excluding hydrogens is 335 g/mol. The Kier molecular flexibility index (Phi) is 3.74. The van der Waals surface area contributed by atoms with Crippen LogP contribution in [0.15, 0.2) is 66.7 Å². The van der Waals surface area contributed by atoms with Gasteiger partial charge in [0.1, 0.15) is 10.8 Å². The van der Waals surface area contributed by atoms with E-state index in [-0.39, 0.29) is 10.8 Å². The van der Waals surface area contributed by atoms with E-state index in [9.17, 15) is 4.39 Å². The summed E-state index contributed by atoms with van der Waals surface area (Å²) in [6.45, 7) is 0. The number of nitrogens with two attached hydrogens (primary N) is 1. The second-order valence-electron chi connectivity index (χ2n) is 5.51. The van der Waals surface area contributed by atoms with Crippen LogP contribution < -0.4 is 5.73 Å². The van der Waals surface area contributed by atoms with Crippen LogP contribution in [0.3, 0.4) is 0 Å². The third kappa shape index (κ3) is 2.66. The van der Waals surface area contributed by atoms with Crippen molar-refractivity contribution in [1.29, 1.82) is 0 Å². The summed E-state index contributed by atoms with van der Waals surface area (Å²) in [6.07, 6.45) is 0. The second-order valence-corrected chi connectivity index (χ2v) is 5.95. The lowest BCUT2D eigenvalue weighted by Crippen LogP contribution is -2.12. The molecule has 0 aliphatic heterocycles. The van der Waals surface area contributed by atoms with Gasteiger partial charge in [-0.25, -0.2) is 13.9 Å². The first kappa shape index (κ1) is 15.4. The topological polar surface area (TPSA) is 56.2 Å². The predicted molar refractivity (Wildman–Crippen MR) is 99.7 cm³/mol. The van der Waals surface area contributed by atoms with Gasteiger partial charge in [-0.15, -0.1) is 5.10 Å². The minimum absolute atomic E-state index is 0.220. The number of hydrogen-bond acceptors (Lipinski definition) is 3. The Bertz CT molecular complexity index is 1090. The highest BCUT2D eigenvalue weighted by molar-refractivity contribution is 7.80. The van der Waals surface area contributed by atoms with Crippen LogP contribution in [0.1, 0.15) is 5.56 Å². The third-order valence-electron chi connectivity index (χ3n) is 3.93. The van der Waals surface area contributed by atoms with Crippen LogP contribution in [-0.4, -0.2) is 19.6 Å². The Morgan fingerprint density at radius 3 is 2.40 bits per heavy atom. The molecular formula is C19H13FN4S. The van der Waals surface area contributed by atoms with Gasteiger partial charge in [-0.3, -0.25) is 0 Å². The summed E-state index contributed by atoms with van der Waals surface area (Å²) in [5, 5.41) is 4.51. The number of hydrogen-bond donors (Lipinski definition) is 1. The molecule has 0 aliphatic carbocycles. The fraction of sp³-hybridized carbons (Fsp3) is 0. The van der Waals surface area contributed by atoms with Crippen LogP contribution in [0, 0.1) is 5.82 Å². The number of pyridine rings is 1. The molecule has 2 N–H and O–H groups in total. The van der Waals surface area contributed by atoms with Gasteiger partial charge in [0, 0.05) is 5.56 Å². The first-order chi connectivity index (χ1) is 12.1. The molecule has 4 aromatic rings. The van der Waals surface area contributed by atoms with Crippen LogP contribution in [0.25, 0.3) is 28.3 Å². The van der Waals surface area contributed by atoms with Gasteiger partial charge in [-0.1, -0.05) is 54.7 Å². The van der Waals surface area contributed by atoms with Crippen molar-refractivity contribution in [3.8, 4) is 22.6 Å². The van der Waals surface area contributed by atoms with Gasteiger partial charge in [-0.2, -0.15) is 0 Å². The molecule has 122 valence electrons. The maximum absolute atomic E-state index is 14.1. The van der Waals surface area contributed by atoms with Gasteiger partial charge in [0.15, 0.2) is 11.5 Å². The molecule has 0 unspecified atom stereocenters. The SMILES string of the molecule is NC(=S)c1ccc(-c2ccccc2)n2nc(-c3ccccc3F)nc12. The van der Waals surface area contributed by atoms with Crippen molar-refractivity contribution >= 4 is 22.9 Å². The molecule has 0 radical (unpaired) electrons. The van der Waals surface area contributed by atoms with E-state index in [2.05, 4.69) is 10.1 Å². The molecule has 2 aromatic heterocycles. The van der Waals surface area contributed by atoms with E-state index in [1.807, 2.05) is 42.5 Å². The summed E-state index contributed by atoms with van der Waals surface area (Å²) in [5.41, 5.74) is 9.05. The zero-order valence-corrected chi connectivity index (χ0v) is 13.9. The maximum atomic E-state index is 14.1. The van der Waals surface area contributed by atoms with Gasteiger partial charge < -0.3 is 5.73 Å². The van der Waals surface area contributed by atoms with E-state index in [1.165, 1.54) is 6.07 Å². The molecule has 0 aliphatic rings. The van der Waals surface area contributed by atoms with Crippen LogP contribution in [-0.2, 0) is 0 Å². The van der Waals surface area contributed by atoms with E-state index in [0.717, 1.165) is 11.3 Å². The van der Waals surface area contributed by atoms with Crippen molar-refractivity contribution in [3.05, 3.63) is 78.1 Å². The summed E-state index contributed by atoms with van der Waals surface area (Å²) in [6, 6.07) is 19.9. The minimum atomic E-state index is -0.378. The van der Waals surface area contributed by atoms with Crippen molar-refractivity contribution < 1.29 is 4.39 Å². The Morgan fingerprint density at radius 2 is 1.68 bits per heavy atom. The smallest absolute Gasteiger partial charge is 0.185 e. The van der Waals surface area contributed by atoms with Crippen molar-refractivity contribution in [3.63, 3.8) is 0 Å². The Labute approximate surface area is 148 Å². The van der Waals surface area contributed by atoms with Crippen LogP contribution in [0.4, 0.5) is 4.39 Å². The van der Waals surface area contributed by atoms with Gasteiger partial charge in [0.05, 0.1) is 16.8 Å². The summed E-state index contributed by atoms with van der Waals surface area (Å²) in [5.74, 6) is -0.0875. The molecule has 4 rings (SSSR count). The molecule has 2 aromatic carbocycles. The molecule has 0 saturated carbocycles. The highest BCUT2D eigenvalue weighted by atomic mass is 32.1. The molecule has 25 heavy (non-hydrogen) atoms. The Balaban J connectivity index is 2.02. The van der Waals surface area contributed by atoms with E-state index in [0.29, 0.717) is 22.6 Å². The molecule has 6 heteroatoms. The second kappa shape index (κ2) is 6.07. The number of aromatic nitrogens is 3. The summed E-state index contributed by atoms with van der Waals surface area (Å²) in [7, 11) is 0. The lowest BCUT2D eigenvalue weighted by atomic mass is 10.1. The quantitative estimate of drug-likeness (QED) is 0.572. The molecule has 0 fully saturated rings. The van der Waals surface area contributed by atoms with Gasteiger partial charge in [-0.05, 0) is 24.3 Å². The Morgan fingerprint density at radius 1 is 0.960 bits per heavy atom. The van der Waals surface area contributed by atoms with E-state index >= 15 is 0 Å². The minimum Gasteiger partial charge on any atom is -0.389 e. The van der Waals surface area contributed by atoms with Gasteiger partial charge in [0.2, 0.25) is 0 Å². The number of benzene rings is 2. The van der Waals surface area contributed by atoms with Crippen molar-refractivity contribution in [2.75, 3.05) is 0 Å². The highest BCUT2D eigenvalue weighted by Crippen LogP contribution is 2.26. The lowest BCUT2D eigenvalue weighted by molar-refractivity contribution is 0.630. The number of nitrogens with zero attached hydrogens (tertiary/aromatic N) is 3. The van der Waals surface area contributed by atoms with Crippen molar-refractivity contribution in [1.82, 2.24) is 14.6 Å². The van der Waals surface area contributed by atoms with E-state index in [4.69, 9.17) is 18.0 Å². The first-order valence-electron chi connectivity index (χ1n) is 7.65. The molecule has 0 saturated heterocycles. The number of thiocarbonyl (C=S) groups is 1. The number of halogens is 1. The standard InChI is InChI=1S/C19H13FN4S/c20-15-9-5-4-8-13(15)18-22-19-14(17(21)25)10-11-16(24(19)23-18)12-6-2-1-3-7-12/h1-11H,(H2,21,25). The summed E-state index contributed by atoms with van der Waals surface area (Å²) >= 11 is 5.12. The van der Waals surface area contributed by atoms with Crippen molar-refractivity contribution in [2.45, 2.75) is 0 Å². The summed E-state index contributed by atoms with van der Waals surface area (Å²) < 4.78 is 15.8. The molecule has 2 heterocycles. The Hall–Kier alpha value is -3.12. The largest absolute Gasteiger partial charge is 0.389 e. The highest BCUT2D eigenvalue weighted by Gasteiger charge is 2.17. The molecule has 0 atom stereocenters. The monoisotopic (exact) mass is 348 g/mol. The van der Waals surface area contributed by atoms with Gasteiger partial charge in [0.25, 0.3) is 0 Å². The average molecular weight is 348 g/mol. The van der Waals surface area contributed by atoms with Crippen LogP contribution in [0.5, 0.6) is 0 Å².